The number of hydrogen-bond acceptors (Lipinski definition) is 2. The Kier molecular flexibility index (Phi) is 8.09. The molecule has 0 saturated heterocycles. The molecule has 64 heavy (non-hydrogen) atoms. The summed E-state index contributed by atoms with van der Waals surface area (Å²) in [7, 11) is 0. The lowest BCUT2D eigenvalue weighted by atomic mass is 9.99. The highest BCUT2D eigenvalue weighted by Gasteiger charge is 2.29. The molecule has 8 aromatic carbocycles. The van der Waals surface area contributed by atoms with Gasteiger partial charge in [-0.05, 0) is 102 Å². The Balaban J connectivity index is 1.09. The van der Waals surface area contributed by atoms with Gasteiger partial charge in [0, 0.05) is 60.2 Å². The van der Waals surface area contributed by atoms with Gasteiger partial charge in [0.25, 0.3) is 0 Å². The van der Waals surface area contributed by atoms with Gasteiger partial charge >= 0.3 is 0 Å². The van der Waals surface area contributed by atoms with Gasteiger partial charge < -0.3 is 18.6 Å². The maximum atomic E-state index is 2.58. The zero-order valence-electron chi connectivity index (χ0n) is 36.6. The molecule has 1 unspecified atom stereocenters. The molecule has 0 fully saturated rings. The van der Waals surface area contributed by atoms with Gasteiger partial charge in [-0.25, -0.2) is 0 Å². The van der Waals surface area contributed by atoms with E-state index < -0.39 is 0 Å². The summed E-state index contributed by atoms with van der Waals surface area (Å²) in [6.45, 7) is 9.06. The van der Waals surface area contributed by atoms with Crippen molar-refractivity contribution in [2.24, 2.45) is 0 Å². The predicted molar refractivity (Wildman–Crippen MR) is 274 cm³/mol. The predicted octanol–water partition coefficient (Wildman–Crippen LogP) is 16.7. The SMILES string of the molecule is CC(C)c1ccc(N(c2ccccc2)c2ccc3c4cc5c(cc4n4c6ccccc6c2c34)c2ccc(N(c3ccc(C(C)C)cc3)C3C=CC=CC3)c3c4ccccc4n5c23)cc1. The second-order valence-corrected chi connectivity index (χ2v) is 18.5. The third kappa shape index (κ3) is 5.23. The van der Waals surface area contributed by atoms with Gasteiger partial charge in [0.15, 0.2) is 0 Å². The van der Waals surface area contributed by atoms with Crippen LogP contribution in [0.15, 0.2) is 188 Å². The molecule has 1 aliphatic rings. The molecule has 0 N–H and O–H groups in total. The Morgan fingerprint density at radius 3 is 1.48 bits per heavy atom. The van der Waals surface area contributed by atoms with E-state index in [0.29, 0.717) is 11.8 Å². The van der Waals surface area contributed by atoms with Crippen LogP contribution in [0, 0.1) is 0 Å². The highest BCUT2D eigenvalue weighted by atomic mass is 15.2. The molecular formula is C60H48N4. The summed E-state index contributed by atoms with van der Waals surface area (Å²) in [6.07, 6.45) is 10.00. The molecule has 4 aromatic heterocycles. The number of allylic oxidation sites excluding steroid dienone is 2. The standard InChI is InChI=1S/C60H48N4/c1-37(2)39-23-27-43(28-24-39)61(41-15-7-5-8-16-41)53-33-31-45-49-35-56-50(36-55(49)63-51-21-13-11-19-47(51)57(53)59(45)63)46-32-34-54(58-48-20-12-14-22-52(48)64(56)60(46)58)62(42-17-9-6-10-18-42)44-29-25-40(26-30-44)38(3)4/h5-17,19-38,42H,18H2,1-4H3. The van der Waals surface area contributed by atoms with Gasteiger partial charge in [-0.3, -0.25) is 0 Å². The first-order chi connectivity index (χ1) is 31.4. The van der Waals surface area contributed by atoms with E-state index in [-0.39, 0.29) is 6.04 Å². The van der Waals surface area contributed by atoms with E-state index >= 15 is 0 Å². The Morgan fingerprint density at radius 2 is 0.938 bits per heavy atom. The Morgan fingerprint density at radius 1 is 0.438 bits per heavy atom. The van der Waals surface area contributed by atoms with Crippen LogP contribution in [0.2, 0.25) is 0 Å². The lowest BCUT2D eigenvalue weighted by molar-refractivity contribution is 0.786. The first-order valence-electron chi connectivity index (χ1n) is 22.9. The van der Waals surface area contributed by atoms with E-state index in [1.54, 1.807) is 0 Å². The van der Waals surface area contributed by atoms with Crippen molar-refractivity contribution in [3.63, 3.8) is 0 Å². The first-order valence-corrected chi connectivity index (χ1v) is 22.9. The number of anilines is 5. The van der Waals surface area contributed by atoms with Crippen LogP contribution < -0.4 is 9.80 Å². The highest BCUT2D eigenvalue weighted by Crippen LogP contribution is 2.51. The van der Waals surface area contributed by atoms with Crippen LogP contribution in [-0.2, 0) is 0 Å². The van der Waals surface area contributed by atoms with Crippen molar-refractivity contribution < 1.29 is 0 Å². The van der Waals surface area contributed by atoms with Gasteiger partial charge in [0.1, 0.15) is 0 Å². The molecule has 4 heteroatoms. The van der Waals surface area contributed by atoms with Crippen molar-refractivity contribution in [1.29, 1.82) is 0 Å². The fourth-order valence-electron chi connectivity index (χ4n) is 11.2. The fraction of sp³-hybridized carbons (Fsp3) is 0.133. The number of hydrogen-bond donors (Lipinski definition) is 0. The number of rotatable bonds is 8. The quantitative estimate of drug-likeness (QED) is 0.152. The van der Waals surface area contributed by atoms with Gasteiger partial charge in [-0.15, -0.1) is 0 Å². The minimum absolute atomic E-state index is 0.195. The van der Waals surface area contributed by atoms with E-state index in [9.17, 15) is 0 Å². The Hall–Kier alpha value is -7.56. The normalized spacial score (nSPS) is 14.5. The third-order valence-corrected chi connectivity index (χ3v) is 14.2. The third-order valence-electron chi connectivity index (χ3n) is 14.2. The summed E-state index contributed by atoms with van der Waals surface area (Å²) in [5.74, 6) is 0.940. The van der Waals surface area contributed by atoms with Crippen LogP contribution in [0.25, 0.3) is 76.2 Å². The second-order valence-electron chi connectivity index (χ2n) is 18.5. The molecule has 12 aromatic rings. The van der Waals surface area contributed by atoms with E-state index in [4.69, 9.17) is 0 Å². The minimum atomic E-state index is 0.195. The van der Waals surface area contributed by atoms with Crippen LogP contribution >= 0.6 is 0 Å². The Bertz CT molecular complexity index is 3810. The zero-order valence-corrected chi connectivity index (χ0v) is 36.6. The maximum absolute atomic E-state index is 2.58. The molecule has 0 amide bonds. The molecule has 0 saturated carbocycles. The first kappa shape index (κ1) is 37.0. The lowest BCUT2D eigenvalue weighted by Gasteiger charge is -2.33. The molecule has 308 valence electrons. The molecule has 13 rings (SSSR count). The average Bonchev–Trinajstić information content (AvgIpc) is 4.06. The van der Waals surface area contributed by atoms with Crippen LogP contribution in [0.1, 0.15) is 57.1 Å². The molecule has 0 bridgehead atoms. The van der Waals surface area contributed by atoms with E-state index in [0.717, 1.165) is 17.8 Å². The van der Waals surface area contributed by atoms with Crippen LogP contribution in [0.4, 0.5) is 28.4 Å². The van der Waals surface area contributed by atoms with Crippen molar-refractivity contribution >= 4 is 105 Å². The molecule has 0 radical (unpaired) electrons. The molecule has 4 heterocycles. The summed E-state index contributed by atoms with van der Waals surface area (Å²) >= 11 is 0. The van der Waals surface area contributed by atoms with Crippen LogP contribution in [0.3, 0.4) is 0 Å². The van der Waals surface area contributed by atoms with Gasteiger partial charge in [0.2, 0.25) is 0 Å². The largest absolute Gasteiger partial charge is 0.334 e. The monoisotopic (exact) mass is 824 g/mol. The average molecular weight is 825 g/mol. The fourth-order valence-corrected chi connectivity index (χ4v) is 11.2. The number of benzene rings is 8. The van der Waals surface area contributed by atoms with E-state index in [1.807, 2.05) is 0 Å². The van der Waals surface area contributed by atoms with Gasteiger partial charge in [-0.1, -0.05) is 143 Å². The number of nitrogens with zero attached hydrogens (tertiary/aromatic N) is 4. The maximum Gasteiger partial charge on any atom is 0.0641 e. The molecule has 4 nitrogen and oxygen atoms in total. The van der Waals surface area contributed by atoms with Gasteiger partial charge in [-0.2, -0.15) is 0 Å². The molecule has 1 atom stereocenters. The highest BCUT2D eigenvalue weighted by molar-refractivity contribution is 6.32. The minimum Gasteiger partial charge on any atom is -0.334 e. The van der Waals surface area contributed by atoms with Crippen molar-refractivity contribution in [3.8, 4) is 0 Å². The van der Waals surface area contributed by atoms with Crippen molar-refractivity contribution in [1.82, 2.24) is 8.80 Å². The molecule has 0 aliphatic heterocycles. The summed E-state index contributed by atoms with van der Waals surface area (Å²) in [4.78, 5) is 5.03. The second kappa shape index (κ2) is 14.0. The summed E-state index contributed by atoms with van der Waals surface area (Å²) in [6, 6.07) is 62.0. The van der Waals surface area contributed by atoms with Crippen LogP contribution in [-0.4, -0.2) is 14.8 Å². The van der Waals surface area contributed by atoms with E-state index in [2.05, 4.69) is 234 Å². The summed E-state index contributed by atoms with van der Waals surface area (Å²) in [5, 5.41) is 10.2. The van der Waals surface area contributed by atoms with Crippen molar-refractivity contribution in [2.45, 2.75) is 52.0 Å². The lowest BCUT2D eigenvalue weighted by Crippen LogP contribution is -2.30. The topological polar surface area (TPSA) is 15.3 Å². The number of para-hydroxylation sites is 3. The van der Waals surface area contributed by atoms with Crippen LogP contribution in [0.5, 0.6) is 0 Å². The van der Waals surface area contributed by atoms with Crippen molar-refractivity contribution in [2.75, 3.05) is 9.80 Å². The molecular weight excluding hydrogens is 777 g/mol. The summed E-state index contributed by atoms with van der Waals surface area (Å²) in [5.41, 5.74) is 16.1. The van der Waals surface area contributed by atoms with Crippen molar-refractivity contribution in [3.05, 3.63) is 199 Å². The molecule has 1 aliphatic carbocycles. The number of aromatic nitrogens is 2. The smallest absolute Gasteiger partial charge is 0.0641 e. The Labute approximate surface area is 372 Å². The van der Waals surface area contributed by atoms with E-state index in [1.165, 1.54) is 104 Å². The van der Waals surface area contributed by atoms with Gasteiger partial charge in [0.05, 0.1) is 50.5 Å². The number of fused-ring (bicyclic) bond motifs is 12. The zero-order chi connectivity index (χ0) is 42.8. The summed E-state index contributed by atoms with van der Waals surface area (Å²) < 4.78 is 5.11. The molecule has 0 spiro atoms.